The average molecular weight is 489 g/mol. The van der Waals surface area contributed by atoms with E-state index in [1.807, 2.05) is 6.92 Å². The number of aliphatic hydroxyl groups is 2. The summed E-state index contributed by atoms with van der Waals surface area (Å²) in [7, 11) is -4.67. The summed E-state index contributed by atoms with van der Waals surface area (Å²) in [6, 6.07) is 0. The number of allylic oxidation sites excluding steroid dienone is 1. The fraction of sp³-hybridized carbons (Fsp3) is 0.875. The van der Waals surface area contributed by atoms with Crippen molar-refractivity contribution in [1.82, 2.24) is 0 Å². The van der Waals surface area contributed by atoms with Crippen LogP contribution in [-0.4, -0.2) is 38.8 Å². The monoisotopic (exact) mass is 488 g/mol. The average Bonchev–Trinajstić information content (AvgIpc) is 3.07. The molecule has 4 saturated carbocycles. The van der Waals surface area contributed by atoms with Gasteiger partial charge in [0.25, 0.3) is 0 Å². The minimum atomic E-state index is -4.67. The van der Waals surface area contributed by atoms with Crippen molar-refractivity contribution in [1.29, 1.82) is 0 Å². The first-order chi connectivity index (χ1) is 15.2. The third kappa shape index (κ3) is 5.05. The van der Waals surface area contributed by atoms with Crippen LogP contribution < -0.4 is 0 Å². The standard InChI is InChI=1S/C24H38O4.H2O4S/c1-14(20(25)21(26)22(27)28)17-9-10-18-16-8-7-15-6-4-5-12-23(15,2)19(16)11-13-24(17,18)3;1-5(2,3)4/h14-19,25-26H,4-13H2,1-3H3,(H,27,28);(H2,1,2,3,4)/t14-,15?,16-,17+,18-,19-,23-,24+;/m0./s1. The Bertz CT molecular complexity index is 875. The lowest BCUT2D eigenvalue weighted by Gasteiger charge is -2.60. The number of fused-ring (bicyclic) bond motifs is 5. The number of carboxylic acids is 1. The number of rotatable bonds is 3. The smallest absolute Gasteiger partial charge is 0.394 e. The maximum atomic E-state index is 11.1. The molecule has 4 aliphatic rings. The Morgan fingerprint density at radius 2 is 1.45 bits per heavy atom. The van der Waals surface area contributed by atoms with E-state index in [0.29, 0.717) is 11.3 Å². The molecular weight excluding hydrogens is 448 g/mol. The van der Waals surface area contributed by atoms with Gasteiger partial charge in [-0.1, -0.05) is 33.6 Å². The van der Waals surface area contributed by atoms with Crippen LogP contribution in [0.25, 0.3) is 0 Å². The molecule has 0 amide bonds. The van der Waals surface area contributed by atoms with Crippen molar-refractivity contribution in [3.63, 3.8) is 0 Å². The molecule has 33 heavy (non-hydrogen) atoms. The number of aliphatic hydroxyl groups excluding tert-OH is 2. The number of hydrogen-bond acceptors (Lipinski definition) is 5. The van der Waals surface area contributed by atoms with Gasteiger partial charge in [-0.25, -0.2) is 4.79 Å². The van der Waals surface area contributed by atoms with Gasteiger partial charge in [-0.2, -0.15) is 8.42 Å². The summed E-state index contributed by atoms with van der Waals surface area (Å²) in [6.45, 7) is 6.88. The van der Waals surface area contributed by atoms with Gasteiger partial charge in [-0.05, 0) is 91.8 Å². The van der Waals surface area contributed by atoms with Gasteiger partial charge in [0.2, 0.25) is 5.76 Å². The fourth-order valence-corrected chi connectivity index (χ4v) is 8.67. The Hall–Kier alpha value is -1.32. The lowest BCUT2D eigenvalue weighted by atomic mass is 9.44. The zero-order valence-corrected chi connectivity index (χ0v) is 20.7. The van der Waals surface area contributed by atoms with Crippen molar-refractivity contribution in [2.45, 2.75) is 85.0 Å². The summed E-state index contributed by atoms with van der Waals surface area (Å²) in [4.78, 5) is 11.1. The highest BCUT2D eigenvalue weighted by Gasteiger charge is 2.60. The van der Waals surface area contributed by atoms with Gasteiger partial charge in [-0.3, -0.25) is 9.11 Å². The quantitative estimate of drug-likeness (QED) is 0.200. The molecular formula is C24H40O8S. The molecule has 0 aliphatic heterocycles. The van der Waals surface area contributed by atoms with Crippen LogP contribution in [0.2, 0.25) is 0 Å². The molecule has 5 N–H and O–H groups in total. The molecule has 0 heterocycles. The predicted molar refractivity (Wildman–Crippen MR) is 123 cm³/mol. The Balaban J connectivity index is 0.000000555. The van der Waals surface area contributed by atoms with Crippen molar-refractivity contribution in [2.75, 3.05) is 0 Å². The summed E-state index contributed by atoms with van der Waals surface area (Å²) < 4.78 is 31.6. The Labute approximate surface area is 197 Å². The number of aliphatic carboxylic acids is 1. The molecule has 0 aromatic carbocycles. The topological polar surface area (TPSA) is 152 Å². The molecule has 0 saturated heterocycles. The van der Waals surface area contributed by atoms with Crippen molar-refractivity contribution in [3.05, 3.63) is 11.5 Å². The third-order valence-corrected chi connectivity index (χ3v) is 10.1. The van der Waals surface area contributed by atoms with E-state index in [2.05, 4.69) is 13.8 Å². The number of carbonyl (C=O) groups is 1. The van der Waals surface area contributed by atoms with Crippen LogP contribution in [0.3, 0.4) is 0 Å². The summed E-state index contributed by atoms with van der Waals surface area (Å²) in [6.07, 6.45) is 13.1. The zero-order chi connectivity index (χ0) is 24.8. The second-order valence-electron chi connectivity index (χ2n) is 11.4. The number of carboxylic acid groups (broad SMARTS) is 1. The molecule has 1 unspecified atom stereocenters. The van der Waals surface area contributed by atoms with Gasteiger partial charge in [0, 0.05) is 5.92 Å². The van der Waals surface area contributed by atoms with Gasteiger partial charge < -0.3 is 15.3 Å². The van der Waals surface area contributed by atoms with Crippen molar-refractivity contribution in [2.24, 2.45) is 46.3 Å². The molecule has 0 radical (unpaired) electrons. The SMILES string of the molecule is C[C@H](C(O)=C(O)C(=O)O)[C@H]1CC[C@H]2[C@@H]3CCC4CCCC[C@]4(C)[C@H]3CC[C@]12C.O=S(=O)(O)O. The second-order valence-corrected chi connectivity index (χ2v) is 12.3. The molecule has 4 rings (SSSR count). The van der Waals surface area contributed by atoms with Crippen molar-refractivity contribution < 1.29 is 37.6 Å². The number of hydrogen-bond donors (Lipinski definition) is 5. The van der Waals surface area contributed by atoms with Gasteiger partial charge in [0.1, 0.15) is 5.76 Å². The Kier molecular flexibility index (Phi) is 7.47. The van der Waals surface area contributed by atoms with Crippen LogP contribution in [0, 0.1) is 46.3 Å². The first-order valence-electron chi connectivity index (χ1n) is 12.3. The van der Waals surface area contributed by atoms with E-state index < -0.39 is 22.1 Å². The molecule has 8 nitrogen and oxygen atoms in total. The van der Waals surface area contributed by atoms with Crippen LogP contribution in [0.15, 0.2) is 11.5 Å². The van der Waals surface area contributed by atoms with E-state index in [-0.39, 0.29) is 23.0 Å². The zero-order valence-electron chi connectivity index (χ0n) is 19.9. The molecule has 4 aliphatic carbocycles. The van der Waals surface area contributed by atoms with Crippen LogP contribution in [0.4, 0.5) is 0 Å². The maximum absolute atomic E-state index is 11.1. The molecule has 9 heteroatoms. The molecule has 4 fully saturated rings. The summed E-state index contributed by atoms with van der Waals surface area (Å²) in [5.74, 6) is 0.538. The largest absolute Gasteiger partial charge is 0.508 e. The highest BCUT2D eigenvalue weighted by molar-refractivity contribution is 7.79. The molecule has 0 bridgehead atoms. The highest BCUT2D eigenvalue weighted by atomic mass is 32.3. The first-order valence-corrected chi connectivity index (χ1v) is 13.6. The minimum Gasteiger partial charge on any atom is -0.508 e. The molecule has 8 atom stereocenters. The van der Waals surface area contributed by atoms with E-state index in [1.165, 1.54) is 57.8 Å². The van der Waals surface area contributed by atoms with Gasteiger partial charge in [-0.15, -0.1) is 0 Å². The summed E-state index contributed by atoms with van der Waals surface area (Å²) in [5.41, 5.74) is 0.668. The van der Waals surface area contributed by atoms with Crippen molar-refractivity contribution >= 4 is 16.4 Å². The lowest BCUT2D eigenvalue weighted by molar-refractivity contribution is -0.136. The Morgan fingerprint density at radius 3 is 2.06 bits per heavy atom. The van der Waals surface area contributed by atoms with Gasteiger partial charge in [0.05, 0.1) is 0 Å². The first kappa shape index (κ1) is 26.3. The van der Waals surface area contributed by atoms with Gasteiger partial charge >= 0.3 is 16.4 Å². The normalized spacial score (nSPS) is 41.9. The molecule has 0 aromatic rings. The van der Waals surface area contributed by atoms with Gasteiger partial charge in [0.15, 0.2) is 0 Å². The van der Waals surface area contributed by atoms with E-state index in [4.69, 9.17) is 22.6 Å². The van der Waals surface area contributed by atoms with Crippen LogP contribution in [0.5, 0.6) is 0 Å². The van der Waals surface area contributed by atoms with Crippen LogP contribution >= 0.6 is 0 Å². The van der Waals surface area contributed by atoms with Crippen LogP contribution in [-0.2, 0) is 15.2 Å². The maximum Gasteiger partial charge on any atom is 0.394 e. The molecule has 0 aromatic heterocycles. The Morgan fingerprint density at radius 1 is 0.848 bits per heavy atom. The van der Waals surface area contributed by atoms with Crippen LogP contribution in [0.1, 0.15) is 85.0 Å². The highest BCUT2D eigenvalue weighted by Crippen LogP contribution is 2.68. The fourth-order valence-electron chi connectivity index (χ4n) is 8.67. The van der Waals surface area contributed by atoms with Crippen molar-refractivity contribution in [3.8, 4) is 0 Å². The second kappa shape index (κ2) is 9.38. The minimum absolute atomic E-state index is 0.144. The summed E-state index contributed by atoms with van der Waals surface area (Å²) >= 11 is 0. The molecule has 0 spiro atoms. The summed E-state index contributed by atoms with van der Waals surface area (Å²) in [5, 5.41) is 29.3. The van der Waals surface area contributed by atoms with E-state index in [0.717, 1.165) is 24.2 Å². The van der Waals surface area contributed by atoms with E-state index >= 15 is 0 Å². The predicted octanol–water partition coefficient (Wildman–Crippen LogP) is 5.43. The lowest BCUT2D eigenvalue weighted by Crippen LogP contribution is -2.53. The molecule has 190 valence electrons. The van der Waals surface area contributed by atoms with E-state index in [1.54, 1.807) is 0 Å². The van der Waals surface area contributed by atoms with E-state index in [9.17, 15) is 15.0 Å². The third-order valence-electron chi connectivity index (χ3n) is 10.1.